The molecular formula is C11H15BrOS. The number of allylic oxidation sites excluding steroid dienone is 1. The fourth-order valence-electron chi connectivity index (χ4n) is 1.30. The molecule has 1 aromatic heterocycles. The van der Waals surface area contributed by atoms with Crippen molar-refractivity contribution in [3.05, 3.63) is 33.5 Å². The summed E-state index contributed by atoms with van der Waals surface area (Å²) in [7, 11) is 0. The zero-order chi connectivity index (χ0) is 10.6. The zero-order valence-corrected chi connectivity index (χ0v) is 10.7. The van der Waals surface area contributed by atoms with Crippen molar-refractivity contribution < 1.29 is 5.11 Å². The molecule has 3 heteroatoms. The highest BCUT2D eigenvalue weighted by atomic mass is 79.9. The second-order valence-corrected chi connectivity index (χ2v) is 5.55. The van der Waals surface area contributed by atoms with Gasteiger partial charge in [-0.15, -0.1) is 17.9 Å². The summed E-state index contributed by atoms with van der Waals surface area (Å²) in [5.74, 6) is 0. The molecule has 1 unspecified atom stereocenters. The summed E-state index contributed by atoms with van der Waals surface area (Å²) in [6.07, 6.45) is 4.17. The Morgan fingerprint density at radius 2 is 2.43 bits per heavy atom. The van der Waals surface area contributed by atoms with Crippen LogP contribution in [0.2, 0.25) is 0 Å². The number of halogens is 1. The van der Waals surface area contributed by atoms with Gasteiger partial charge in [0.15, 0.2) is 0 Å². The van der Waals surface area contributed by atoms with Crippen LogP contribution >= 0.6 is 27.3 Å². The molecule has 1 nitrogen and oxygen atoms in total. The van der Waals surface area contributed by atoms with Gasteiger partial charge in [-0.2, -0.15) is 0 Å². The molecule has 0 radical (unpaired) electrons. The first-order valence-electron chi connectivity index (χ1n) is 4.60. The molecule has 0 saturated carbocycles. The van der Waals surface area contributed by atoms with Crippen molar-refractivity contribution in [2.75, 3.05) is 0 Å². The van der Waals surface area contributed by atoms with E-state index in [0.29, 0.717) is 6.42 Å². The molecule has 0 aliphatic heterocycles. The van der Waals surface area contributed by atoms with E-state index in [1.165, 1.54) is 4.88 Å². The first-order valence-corrected chi connectivity index (χ1v) is 6.27. The summed E-state index contributed by atoms with van der Waals surface area (Å²) in [6.45, 7) is 5.54. The summed E-state index contributed by atoms with van der Waals surface area (Å²) in [5, 5.41) is 12.1. The molecule has 1 rings (SSSR count). The molecule has 78 valence electrons. The second-order valence-electron chi connectivity index (χ2n) is 3.69. The van der Waals surface area contributed by atoms with Crippen LogP contribution in [-0.2, 0) is 6.42 Å². The fourth-order valence-corrected chi connectivity index (χ4v) is 2.97. The van der Waals surface area contributed by atoms with Crippen molar-refractivity contribution in [3.8, 4) is 0 Å². The quantitative estimate of drug-likeness (QED) is 0.811. The first kappa shape index (κ1) is 12.0. The van der Waals surface area contributed by atoms with E-state index < -0.39 is 5.60 Å². The lowest BCUT2D eigenvalue weighted by Gasteiger charge is -2.22. The van der Waals surface area contributed by atoms with Gasteiger partial charge in [-0.05, 0) is 47.1 Å². The molecule has 1 heterocycles. The minimum Gasteiger partial charge on any atom is -0.390 e. The number of rotatable bonds is 5. The van der Waals surface area contributed by atoms with Crippen LogP contribution < -0.4 is 0 Å². The number of aliphatic hydroxyl groups is 1. The van der Waals surface area contributed by atoms with Gasteiger partial charge in [-0.1, -0.05) is 6.08 Å². The fraction of sp³-hybridized carbons (Fsp3) is 0.455. The van der Waals surface area contributed by atoms with Crippen molar-refractivity contribution in [1.82, 2.24) is 0 Å². The number of hydrogen-bond acceptors (Lipinski definition) is 2. The first-order chi connectivity index (χ1) is 6.55. The predicted molar refractivity (Wildman–Crippen MR) is 65.8 cm³/mol. The Balaban J connectivity index is 2.58. The Hall–Kier alpha value is -0.120. The maximum absolute atomic E-state index is 10.1. The van der Waals surface area contributed by atoms with E-state index in [-0.39, 0.29) is 0 Å². The van der Waals surface area contributed by atoms with Crippen LogP contribution in [0, 0.1) is 0 Å². The molecule has 1 N–H and O–H groups in total. The monoisotopic (exact) mass is 274 g/mol. The smallest absolute Gasteiger partial charge is 0.0671 e. The minimum atomic E-state index is -0.623. The maximum atomic E-state index is 10.1. The molecule has 1 atom stereocenters. The topological polar surface area (TPSA) is 20.2 Å². The minimum absolute atomic E-state index is 0.623. The van der Waals surface area contributed by atoms with E-state index in [0.717, 1.165) is 17.3 Å². The van der Waals surface area contributed by atoms with E-state index >= 15 is 0 Å². The zero-order valence-electron chi connectivity index (χ0n) is 8.29. The average molecular weight is 275 g/mol. The Labute approximate surface area is 97.6 Å². The van der Waals surface area contributed by atoms with E-state index in [4.69, 9.17) is 0 Å². The Morgan fingerprint density at radius 3 is 2.93 bits per heavy atom. The number of hydrogen-bond donors (Lipinski definition) is 1. The van der Waals surface area contributed by atoms with E-state index in [1.54, 1.807) is 11.3 Å². The molecule has 0 fully saturated rings. The Kier molecular flexibility index (Phi) is 4.35. The van der Waals surface area contributed by atoms with Crippen LogP contribution in [0.15, 0.2) is 28.6 Å². The molecule has 0 spiro atoms. The molecule has 0 aliphatic carbocycles. The highest BCUT2D eigenvalue weighted by Crippen LogP contribution is 2.28. The third-order valence-corrected chi connectivity index (χ3v) is 4.05. The molecule has 0 amide bonds. The normalized spacial score (nSPS) is 15.1. The summed E-state index contributed by atoms with van der Waals surface area (Å²) < 4.78 is 1.10. The van der Waals surface area contributed by atoms with Gasteiger partial charge in [0, 0.05) is 15.8 Å². The molecule has 1 aromatic rings. The van der Waals surface area contributed by atoms with Crippen LogP contribution in [0.25, 0.3) is 0 Å². The molecular weight excluding hydrogens is 260 g/mol. The van der Waals surface area contributed by atoms with Crippen molar-refractivity contribution in [3.63, 3.8) is 0 Å². The van der Waals surface area contributed by atoms with Gasteiger partial charge >= 0.3 is 0 Å². The third kappa shape index (κ3) is 3.56. The lowest BCUT2D eigenvalue weighted by molar-refractivity contribution is 0.0530. The molecule has 14 heavy (non-hydrogen) atoms. The third-order valence-electron chi connectivity index (χ3n) is 2.12. The largest absolute Gasteiger partial charge is 0.390 e. The van der Waals surface area contributed by atoms with Gasteiger partial charge in [0.2, 0.25) is 0 Å². The van der Waals surface area contributed by atoms with Crippen LogP contribution in [0.3, 0.4) is 0 Å². The maximum Gasteiger partial charge on any atom is 0.0671 e. The van der Waals surface area contributed by atoms with Crippen LogP contribution in [0.4, 0.5) is 0 Å². The van der Waals surface area contributed by atoms with E-state index in [1.807, 2.05) is 24.4 Å². The van der Waals surface area contributed by atoms with Crippen molar-refractivity contribution in [2.45, 2.75) is 31.8 Å². The van der Waals surface area contributed by atoms with E-state index in [9.17, 15) is 5.11 Å². The van der Waals surface area contributed by atoms with Gasteiger partial charge in [-0.25, -0.2) is 0 Å². The number of thiophene rings is 1. The molecule has 0 aromatic carbocycles. The average Bonchev–Trinajstić information content (AvgIpc) is 2.48. The summed E-state index contributed by atoms with van der Waals surface area (Å²) in [6, 6.07) is 2.02. The van der Waals surface area contributed by atoms with Crippen molar-refractivity contribution in [1.29, 1.82) is 0 Å². The highest BCUT2D eigenvalue weighted by molar-refractivity contribution is 9.10. The summed E-state index contributed by atoms with van der Waals surface area (Å²) >= 11 is 5.14. The van der Waals surface area contributed by atoms with Crippen LogP contribution in [0.5, 0.6) is 0 Å². The summed E-state index contributed by atoms with van der Waals surface area (Å²) in [5.41, 5.74) is -0.623. The van der Waals surface area contributed by atoms with Crippen LogP contribution in [0.1, 0.15) is 24.6 Å². The molecule has 0 saturated heterocycles. The van der Waals surface area contributed by atoms with Crippen molar-refractivity contribution >= 4 is 27.3 Å². The predicted octanol–water partition coefficient (Wildman–Crippen LogP) is 3.77. The second kappa shape index (κ2) is 5.10. The Morgan fingerprint density at radius 1 is 1.71 bits per heavy atom. The molecule has 0 bridgehead atoms. The van der Waals surface area contributed by atoms with Gasteiger partial charge in [-0.3, -0.25) is 0 Å². The SMILES string of the molecule is C=CCCC(C)(O)Cc1sccc1Br. The molecule has 0 aliphatic rings. The lowest BCUT2D eigenvalue weighted by atomic mass is 9.95. The standard InChI is InChI=1S/C11H15BrOS/c1-3-4-6-11(2,13)8-10-9(12)5-7-14-10/h3,5,7,13H,1,4,6,8H2,2H3. The van der Waals surface area contributed by atoms with Gasteiger partial charge in [0.1, 0.15) is 0 Å². The Bertz CT molecular complexity index is 304. The highest BCUT2D eigenvalue weighted by Gasteiger charge is 2.21. The lowest BCUT2D eigenvalue weighted by Crippen LogP contribution is -2.26. The van der Waals surface area contributed by atoms with Gasteiger partial charge < -0.3 is 5.11 Å². The van der Waals surface area contributed by atoms with Gasteiger partial charge in [0.25, 0.3) is 0 Å². The van der Waals surface area contributed by atoms with Crippen molar-refractivity contribution in [2.24, 2.45) is 0 Å². The summed E-state index contributed by atoms with van der Waals surface area (Å²) in [4.78, 5) is 1.21. The van der Waals surface area contributed by atoms with Crippen LogP contribution in [-0.4, -0.2) is 10.7 Å². The van der Waals surface area contributed by atoms with E-state index in [2.05, 4.69) is 22.5 Å². The van der Waals surface area contributed by atoms with Gasteiger partial charge in [0.05, 0.1) is 5.60 Å².